The summed E-state index contributed by atoms with van der Waals surface area (Å²) in [6, 6.07) is 0. The van der Waals surface area contributed by atoms with E-state index in [1.165, 1.54) is 0 Å². The number of nitrogens with one attached hydrogen (secondary N) is 1. The lowest BCUT2D eigenvalue weighted by Gasteiger charge is -2.35. The summed E-state index contributed by atoms with van der Waals surface area (Å²) in [6.07, 6.45) is 2.39. The predicted molar refractivity (Wildman–Crippen MR) is 59.7 cm³/mol. The van der Waals surface area contributed by atoms with Crippen molar-refractivity contribution in [1.29, 1.82) is 0 Å². The van der Waals surface area contributed by atoms with Gasteiger partial charge in [-0.2, -0.15) is 0 Å². The van der Waals surface area contributed by atoms with Crippen LogP contribution in [-0.4, -0.2) is 32.0 Å². The van der Waals surface area contributed by atoms with Crippen molar-refractivity contribution >= 4 is 5.91 Å². The number of hydrogen-bond acceptors (Lipinski definition) is 3. The molecule has 0 saturated carbocycles. The molecule has 4 nitrogen and oxygen atoms in total. The summed E-state index contributed by atoms with van der Waals surface area (Å²) in [4.78, 5) is 11.6. The van der Waals surface area contributed by atoms with Gasteiger partial charge in [-0.3, -0.25) is 4.79 Å². The van der Waals surface area contributed by atoms with Gasteiger partial charge in [0.25, 0.3) is 0 Å². The van der Waals surface area contributed by atoms with Crippen LogP contribution in [0.5, 0.6) is 0 Å². The fourth-order valence-electron chi connectivity index (χ4n) is 2.24. The van der Waals surface area contributed by atoms with E-state index in [-0.39, 0.29) is 18.1 Å². The van der Waals surface area contributed by atoms with E-state index in [1.54, 1.807) is 0 Å². The lowest BCUT2D eigenvalue weighted by molar-refractivity contribution is -0.159. The molecule has 0 radical (unpaired) electrons. The smallest absolute Gasteiger partial charge is 0.249 e. The molecule has 0 aromatic carbocycles. The third-order valence-corrected chi connectivity index (χ3v) is 3.01. The minimum absolute atomic E-state index is 0.00903. The van der Waals surface area contributed by atoms with E-state index in [9.17, 15) is 4.79 Å². The van der Waals surface area contributed by atoms with Crippen molar-refractivity contribution in [2.24, 2.45) is 5.92 Å². The second-order valence-corrected chi connectivity index (χ2v) is 3.91. The molecule has 2 aliphatic heterocycles. The molecule has 0 bridgehead atoms. The van der Waals surface area contributed by atoms with Crippen LogP contribution in [0.3, 0.4) is 0 Å². The van der Waals surface area contributed by atoms with Gasteiger partial charge in [-0.1, -0.05) is 6.08 Å². The van der Waals surface area contributed by atoms with Crippen LogP contribution in [0.1, 0.15) is 13.3 Å². The van der Waals surface area contributed by atoms with Crippen LogP contribution < -0.4 is 5.32 Å². The summed E-state index contributed by atoms with van der Waals surface area (Å²) in [7, 11) is 0. The largest absolute Gasteiger partial charge is 0.352 e. The van der Waals surface area contributed by atoms with Crippen molar-refractivity contribution in [3.8, 4) is 0 Å². The number of ether oxygens (including phenoxy) is 2. The third kappa shape index (κ3) is 1.90. The molecule has 2 rings (SSSR count). The first-order chi connectivity index (χ1) is 7.77. The number of carbonyl (C=O) groups is 1. The third-order valence-electron chi connectivity index (χ3n) is 3.01. The summed E-state index contributed by atoms with van der Waals surface area (Å²) in [5.74, 6) is -0.00204. The Bertz CT molecular complexity index is 335. The molecule has 1 amide bonds. The first-order valence-electron chi connectivity index (χ1n) is 5.63. The van der Waals surface area contributed by atoms with Crippen LogP contribution in [0, 0.1) is 5.92 Å². The second-order valence-electron chi connectivity index (χ2n) is 3.91. The molecule has 1 N–H and O–H groups in total. The first-order valence-corrected chi connectivity index (χ1v) is 5.63. The van der Waals surface area contributed by atoms with Crippen LogP contribution in [0.25, 0.3) is 0 Å². The number of amides is 1. The van der Waals surface area contributed by atoms with Gasteiger partial charge in [-0.25, -0.2) is 0 Å². The van der Waals surface area contributed by atoms with Crippen molar-refractivity contribution in [3.63, 3.8) is 0 Å². The van der Waals surface area contributed by atoms with E-state index >= 15 is 0 Å². The van der Waals surface area contributed by atoms with E-state index in [0.29, 0.717) is 19.8 Å². The molecule has 88 valence electrons. The van der Waals surface area contributed by atoms with E-state index in [2.05, 4.69) is 11.9 Å². The Morgan fingerprint density at radius 2 is 2.50 bits per heavy atom. The van der Waals surface area contributed by atoms with Gasteiger partial charge >= 0.3 is 0 Å². The average molecular weight is 223 g/mol. The maximum Gasteiger partial charge on any atom is 0.249 e. The van der Waals surface area contributed by atoms with Gasteiger partial charge in [0.05, 0.1) is 6.61 Å². The van der Waals surface area contributed by atoms with Crippen LogP contribution in [-0.2, 0) is 14.3 Å². The van der Waals surface area contributed by atoms with Crippen molar-refractivity contribution < 1.29 is 14.3 Å². The highest BCUT2D eigenvalue weighted by atomic mass is 16.7. The van der Waals surface area contributed by atoms with E-state index in [0.717, 1.165) is 17.6 Å². The number of rotatable bonds is 3. The highest BCUT2D eigenvalue weighted by Crippen LogP contribution is 2.32. The molecule has 4 heteroatoms. The van der Waals surface area contributed by atoms with Gasteiger partial charge in [0.1, 0.15) is 0 Å². The molecule has 0 saturated heterocycles. The summed E-state index contributed by atoms with van der Waals surface area (Å²) in [6.45, 7) is 7.38. The Balaban J connectivity index is 2.26. The van der Waals surface area contributed by atoms with Gasteiger partial charge in [0, 0.05) is 24.6 Å². The van der Waals surface area contributed by atoms with E-state index < -0.39 is 0 Å². The first kappa shape index (κ1) is 11.4. The van der Waals surface area contributed by atoms with Gasteiger partial charge < -0.3 is 14.8 Å². The molecule has 2 heterocycles. The van der Waals surface area contributed by atoms with Crippen molar-refractivity contribution in [1.82, 2.24) is 5.32 Å². The maximum atomic E-state index is 11.6. The topological polar surface area (TPSA) is 47.6 Å². The molecule has 2 atom stereocenters. The monoisotopic (exact) mass is 223 g/mol. The minimum atomic E-state index is -0.285. The average Bonchev–Trinajstić information content (AvgIpc) is 2.29. The summed E-state index contributed by atoms with van der Waals surface area (Å²) in [5, 5.41) is 2.82. The SMILES string of the molecule is C=CC1C2=C(COC1OCC)C(=O)NCC2. The molecule has 0 aromatic heterocycles. The molecule has 0 aliphatic carbocycles. The molecule has 2 unspecified atom stereocenters. The predicted octanol–water partition coefficient (Wildman–Crippen LogP) is 0.998. The zero-order chi connectivity index (χ0) is 11.5. The molecule has 0 spiro atoms. The molecule has 2 aliphatic rings. The van der Waals surface area contributed by atoms with Crippen LogP contribution in [0.15, 0.2) is 23.8 Å². The van der Waals surface area contributed by atoms with Gasteiger partial charge in [0.2, 0.25) is 5.91 Å². The Morgan fingerprint density at radius 3 is 3.19 bits per heavy atom. The number of hydrogen-bond donors (Lipinski definition) is 1. The van der Waals surface area contributed by atoms with Gasteiger partial charge in [-0.05, 0) is 18.9 Å². The zero-order valence-corrected chi connectivity index (χ0v) is 9.49. The summed E-state index contributed by atoms with van der Waals surface area (Å²) < 4.78 is 11.1. The Morgan fingerprint density at radius 1 is 1.69 bits per heavy atom. The van der Waals surface area contributed by atoms with E-state index in [4.69, 9.17) is 9.47 Å². The summed E-state index contributed by atoms with van der Waals surface area (Å²) >= 11 is 0. The van der Waals surface area contributed by atoms with Crippen molar-refractivity contribution in [2.75, 3.05) is 19.8 Å². The highest BCUT2D eigenvalue weighted by molar-refractivity contribution is 5.95. The highest BCUT2D eigenvalue weighted by Gasteiger charge is 2.34. The van der Waals surface area contributed by atoms with Crippen LogP contribution >= 0.6 is 0 Å². The Hall–Kier alpha value is -1.13. The normalized spacial score (nSPS) is 29.7. The fourth-order valence-corrected chi connectivity index (χ4v) is 2.24. The Kier molecular flexibility index (Phi) is 3.41. The second kappa shape index (κ2) is 4.80. The maximum absolute atomic E-state index is 11.6. The van der Waals surface area contributed by atoms with Crippen LogP contribution in [0.2, 0.25) is 0 Å². The lowest BCUT2D eigenvalue weighted by Crippen LogP contribution is -2.42. The molecular formula is C12H17NO3. The van der Waals surface area contributed by atoms with Crippen molar-refractivity contribution in [2.45, 2.75) is 19.6 Å². The minimum Gasteiger partial charge on any atom is -0.352 e. The van der Waals surface area contributed by atoms with Crippen LogP contribution in [0.4, 0.5) is 0 Å². The van der Waals surface area contributed by atoms with Crippen molar-refractivity contribution in [3.05, 3.63) is 23.8 Å². The fraction of sp³-hybridized carbons (Fsp3) is 0.583. The summed E-state index contributed by atoms with van der Waals surface area (Å²) in [5.41, 5.74) is 1.88. The zero-order valence-electron chi connectivity index (χ0n) is 9.49. The van der Waals surface area contributed by atoms with Gasteiger partial charge in [0.15, 0.2) is 6.29 Å². The molecule has 0 aromatic rings. The molecule has 0 fully saturated rings. The van der Waals surface area contributed by atoms with Gasteiger partial charge in [-0.15, -0.1) is 6.58 Å². The molecular weight excluding hydrogens is 206 g/mol. The quantitative estimate of drug-likeness (QED) is 0.726. The van der Waals surface area contributed by atoms with E-state index in [1.807, 2.05) is 13.0 Å². The Labute approximate surface area is 95.3 Å². The number of carbonyl (C=O) groups excluding carboxylic acids is 1. The molecule has 16 heavy (non-hydrogen) atoms. The standard InChI is InChI=1S/C12H17NO3/c1-3-8-9-5-6-13-11(14)10(9)7-16-12(8)15-4-2/h3,8,12H,1,4-7H2,2H3,(H,13,14). The lowest BCUT2D eigenvalue weighted by atomic mass is 9.87.